The summed E-state index contributed by atoms with van der Waals surface area (Å²) in [7, 11) is 0. The minimum Gasteiger partial charge on any atom is -0.490 e. The molecule has 2 aliphatic rings. The second-order valence-electron chi connectivity index (χ2n) is 7.23. The van der Waals surface area contributed by atoms with Crippen molar-refractivity contribution < 1.29 is 23.4 Å². The lowest BCUT2D eigenvalue weighted by Gasteiger charge is -2.20. The summed E-state index contributed by atoms with van der Waals surface area (Å²) in [6, 6.07) is 8.87. The number of aryl methyl sites for hydroxylation is 2. The first-order chi connectivity index (χ1) is 14.2. The lowest BCUT2D eigenvalue weighted by Crippen LogP contribution is -2.24. The van der Waals surface area contributed by atoms with E-state index >= 15 is 0 Å². The highest BCUT2D eigenvalue weighted by Crippen LogP contribution is 2.34. The lowest BCUT2D eigenvalue weighted by molar-refractivity contribution is -0.116. The smallest absolute Gasteiger partial charge is 0.231 e. The lowest BCUT2D eigenvalue weighted by atomic mass is 10.0. The van der Waals surface area contributed by atoms with Crippen molar-refractivity contribution in [1.29, 1.82) is 0 Å². The maximum Gasteiger partial charge on any atom is 0.231 e. The summed E-state index contributed by atoms with van der Waals surface area (Å²) < 4.78 is 30.2. The van der Waals surface area contributed by atoms with Crippen LogP contribution in [0.4, 0.5) is 10.1 Å². The standard InChI is InChI=1S/C22H25FN2O4/c23-17-12-16-5-7-21(26)25-22(16)20(13-17)27-10-9-24-8-2-1-3-15-4-6-18-19(11-15)29-14-28-18/h4,6,11-13,24H,1-3,5,7-10,14H2,(H,25,26). The third kappa shape index (κ3) is 4.98. The van der Waals surface area contributed by atoms with Crippen LogP contribution in [0.2, 0.25) is 0 Å². The predicted octanol–water partition coefficient (Wildman–Crippen LogP) is 3.43. The predicted molar refractivity (Wildman–Crippen MR) is 107 cm³/mol. The number of anilines is 1. The van der Waals surface area contributed by atoms with Crippen molar-refractivity contribution in [2.45, 2.75) is 32.1 Å². The summed E-state index contributed by atoms with van der Waals surface area (Å²) in [5.74, 6) is 1.64. The molecular weight excluding hydrogens is 375 g/mol. The van der Waals surface area contributed by atoms with E-state index < -0.39 is 0 Å². The Morgan fingerprint density at radius 2 is 1.97 bits per heavy atom. The molecule has 7 heteroatoms. The van der Waals surface area contributed by atoms with Gasteiger partial charge in [-0.15, -0.1) is 0 Å². The number of carbonyl (C=O) groups excluding carboxylic acids is 1. The molecule has 29 heavy (non-hydrogen) atoms. The van der Waals surface area contributed by atoms with Gasteiger partial charge >= 0.3 is 0 Å². The Bertz CT molecular complexity index is 887. The van der Waals surface area contributed by atoms with Crippen LogP contribution in [0.15, 0.2) is 30.3 Å². The van der Waals surface area contributed by atoms with Crippen LogP contribution in [-0.2, 0) is 17.6 Å². The normalized spacial score (nSPS) is 14.4. The highest BCUT2D eigenvalue weighted by atomic mass is 19.1. The molecule has 0 atom stereocenters. The summed E-state index contributed by atoms with van der Waals surface area (Å²) >= 11 is 0. The van der Waals surface area contributed by atoms with Gasteiger partial charge in [-0.2, -0.15) is 0 Å². The van der Waals surface area contributed by atoms with Crippen LogP contribution in [0.1, 0.15) is 30.4 Å². The van der Waals surface area contributed by atoms with E-state index in [1.165, 1.54) is 17.7 Å². The number of benzene rings is 2. The van der Waals surface area contributed by atoms with Crippen molar-refractivity contribution in [3.05, 3.63) is 47.3 Å². The Hall–Kier alpha value is -2.80. The second-order valence-corrected chi connectivity index (χ2v) is 7.23. The summed E-state index contributed by atoms with van der Waals surface area (Å²) in [5.41, 5.74) is 2.64. The van der Waals surface area contributed by atoms with Crippen molar-refractivity contribution in [2.75, 3.05) is 31.8 Å². The van der Waals surface area contributed by atoms with Gasteiger partial charge in [-0.3, -0.25) is 4.79 Å². The van der Waals surface area contributed by atoms with Gasteiger partial charge in [-0.05, 0) is 61.6 Å². The number of carbonyl (C=O) groups is 1. The Morgan fingerprint density at radius 3 is 2.90 bits per heavy atom. The summed E-state index contributed by atoms with van der Waals surface area (Å²) in [5, 5.41) is 6.12. The van der Waals surface area contributed by atoms with Crippen molar-refractivity contribution >= 4 is 11.6 Å². The number of hydrogen-bond acceptors (Lipinski definition) is 5. The molecule has 6 nitrogen and oxygen atoms in total. The maximum atomic E-state index is 13.8. The van der Waals surface area contributed by atoms with Crippen molar-refractivity contribution in [3.63, 3.8) is 0 Å². The number of nitrogens with one attached hydrogen (secondary N) is 2. The zero-order valence-corrected chi connectivity index (χ0v) is 16.3. The number of hydrogen-bond donors (Lipinski definition) is 2. The quantitative estimate of drug-likeness (QED) is 0.631. The summed E-state index contributed by atoms with van der Waals surface area (Å²) in [6.07, 6.45) is 4.02. The topological polar surface area (TPSA) is 68.8 Å². The fraction of sp³-hybridized carbons (Fsp3) is 0.409. The van der Waals surface area contributed by atoms with E-state index in [0.717, 1.165) is 42.9 Å². The first-order valence-corrected chi connectivity index (χ1v) is 10.0. The Labute approximate surface area is 169 Å². The van der Waals surface area contributed by atoms with E-state index in [-0.39, 0.29) is 11.7 Å². The summed E-state index contributed by atoms with van der Waals surface area (Å²) in [4.78, 5) is 11.6. The minimum absolute atomic E-state index is 0.0606. The molecule has 0 bridgehead atoms. The molecule has 0 aromatic heterocycles. The number of ether oxygens (including phenoxy) is 3. The largest absolute Gasteiger partial charge is 0.490 e. The third-order valence-corrected chi connectivity index (χ3v) is 5.08. The molecule has 0 spiro atoms. The molecular formula is C22H25FN2O4. The van der Waals surface area contributed by atoms with Crippen LogP contribution in [0.3, 0.4) is 0 Å². The van der Waals surface area contributed by atoms with E-state index in [0.29, 0.717) is 44.2 Å². The molecule has 2 aromatic carbocycles. The van der Waals surface area contributed by atoms with E-state index in [9.17, 15) is 9.18 Å². The Morgan fingerprint density at radius 1 is 1.07 bits per heavy atom. The van der Waals surface area contributed by atoms with Gasteiger partial charge in [-0.1, -0.05) is 6.07 Å². The molecule has 0 aliphatic carbocycles. The van der Waals surface area contributed by atoms with Gasteiger partial charge in [0, 0.05) is 19.0 Å². The molecule has 2 N–H and O–H groups in total. The number of fused-ring (bicyclic) bond motifs is 2. The van der Waals surface area contributed by atoms with Crippen molar-refractivity contribution in [2.24, 2.45) is 0 Å². The van der Waals surface area contributed by atoms with Crippen molar-refractivity contribution in [1.82, 2.24) is 5.32 Å². The van der Waals surface area contributed by atoms with E-state index in [1.807, 2.05) is 12.1 Å². The second kappa shape index (κ2) is 9.13. The average Bonchev–Trinajstić information content (AvgIpc) is 3.18. The first-order valence-electron chi connectivity index (χ1n) is 10.0. The molecule has 154 valence electrons. The molecule has 2 aliphatic heterocycles. The van der Waals surface area contributed by atoms with Gasteiger partial charge < -0.3 is 24.8 Å². The van der Waals surface area contributed by atoms with Crippen LogP contribution in [0, 0.1) is 5.82 Å². The number of rotatable bonds is 9. The van der Waals surface area contributed by atoms with Gasteiger partial charge in [0.15, 0.2) is 11.5 Å². The fourth-order valence-electron chi connectivity index (χ4n) is 3.57. The van der Waals surface area contributed by atoms with Gasteiger partial charge in [0.25, 0.3) is 0 Å². The van der Waals surface area contributed by atoms with Crippen LogP contribution < -0.4 is 24.8 Å². The third-order valence-electron chi connectivity index (χ3n) is 5.08. The highest BCUT2D eigenvalue weighted by Gasteiger charge is 2.20. The first kappa shape index (κ1) is 19.5. The average molecular weight is 400 g/mol. The number of halogens is 1. The molecule has 0 saturated heterocycles. The maximum absolute atomic E-state index is 13.8. The van der Waals surface area contributed by atoms with Gasteiger partial charge in [0.05, 0.1) is 5.69 Å². The van der Waals surface area contributed by atoms with Crippen molar-refractivity contribution in [3.8, 4) is 17.2 Å². The van der Waals surface area contributed by atoms with Crippen LogP contribution >= 0.6 is 0 Å². The van der Waals surface area contributed by atoms with Crippen LogP contribution in [0.25, 0.3) is 0 Å². The Balaban J connectivity index is 1.14. The van der Waals surface area contributed by atoms with Gasteiger partial charge in [-0.25, -0.2) is 4.39 Å². The monoisotopic (exact) mass is 400 g/mol. The highest BCUT2D eigenvalue weighted by molar-refractivity contribution is 5.95. The molecule has 2 aromatic rings. The molecule has 0 fully saturated rings. The Kier molecular flexibility index (Phi) is 6.14. The molecule has 4 rings (SSSR count). The molecule has 0 saturated carbocycles. The fourth-order valence-corrected chi connectivity index (χ4v) is 3.57. The summed E-state index contributed by atoms with van der Waals surface area (Å²) in [6.45, 7) is 2.25. The molecule has 1 amide bonds. The number of amides is 1. The zero-order chi connectivity index (χ0) is 20.1. The van der Waals surface area contributed by atoms with Gasteiger partial charge in [0.2, 0.25) is 12.7 Å². The van der Waals surface area contributed by atoms with Gasteiger partial charge in [0.1, 0.15) is 18.2 Å². The molecule has 2 heterocycles. The SMILES string of the molecule is O=C1CCc2cc(F)cc(OCCNCCCCc3ccc4c(c3)OCO4)c2N1. The van der Waals surface area contributed by atoms with E-state index in [4.69, 9.17) is 14.2 Å². The zero-order valence-electron chi connectivity index (χ0n) is 16.3. The number of unbranched alkanes of at least 4 members (excludes halogenated alkanes) is 1. The van der Waals surface area contributed by atoms with Crippen LogP contribution in [-0.4, -0.2) is 32.4 Å². The van der Waals surface area contributed by atoms with E-state index in [2.05, 4.69) is 16.7 Å². The molecule has 0 radical (unpaired) electrons. The molecule has 0 unspecified atom stereocenters. The van der Waals surface area contributed by atoms with E-state index in [1.54, 1.807) is 0 Å². The minimum atomic E-state index is -0.341. The van der Waals surface area contributed by atoms with Crippen LogP contribution in [0.5, 0.6) is 17.2 Å².